The van der Waals surface area contributed by atoms with Gasteiger partial charge in [-0.15, -0.1) is 0 Å². The van der Waals surface area contributed by atoms with Gasteiger partial charge in [0.1, 0.15) is 13.2 Å². The maximum absolute atomic E-state index is 5.61. The zero-order valence-corrected chi connectivity index (χ0v) is 12.5. The summed E-state index contributed by atoms with van der Waals surface area (Å²) in [7, 11) is 0. The Morgan fingerprint density at radius 3 is 2.89 bits per heavy atom. The van der Waals surface area contributed by atoms with Gasteiger partial charge in [-0.05, 0) is 46.1 Å². The first-order chi connectivity index (χ1) is 8.70. The highest BCUT2D eigenvalue weighted by molar-refractivity contribution is 9.10. The molecule has 0 saturated carbocycles. The van der Waals surface area contributed by atoms with Gasteiger partial charge in [-0.1, -0.05) is 20.3 Å². The summed E-state index contributed by atoms with van der Waals surface area (Å²) in [6, 6.07) is 4.15. The van der Waals surface area contributed by atoms with Crippen LogP contribution in [0.2, 0.25) is 0 Å². The van der Waals surface area contributed by atoms with E-state index in [9.17, 15) is 0 Å². The van der Waals surface area contributed by atoms with Gasteiger partial charge in [-0.25, -0.2) is 0 Å². The van der Waals surface area contributed by atoms with Crippen LogP contribution in [0.25, 0.3) is 0 Å². The maximum atomic E-state index is 5.61. The second-order valence-corrected chi connectivity index (χ2v) is 5.60. The molecule has 1 aromatic rings. The Morgan fingerprint density at radius 1 is 1.33 bits per heavy atom. The lowest BCUT2D eigenvalue weighted by Gasteiger charge is -2.20. The van der Waals surface area contributed by atoms with Crippen LogP contribution in [0.5, 0.6) is 11.5 Å². The highest BCUT2D eigenvalue weighted by Gasteiger charge is 2.16. The normalized spacial score (nSPS) is 15.5. The molecule has 18 heavy (non-hydrogen) atoms. The number of benzene rings is 1. The van der Waals surface area contributed by atoms with Crippen LogP contribution in [0.4, 0.5) is 0 Å². The monoisotopic (exact) mass is 313 g/mol. The molecule has 1 aliphatic rings. The predicted molar refractivity (Wildman–Crippen MR) is 76.3 cm³/mol. The summed E-state index contributed by atoms with van der Waals surface area (Å²) in [6.07, 6.45) is 1.21. The molecule has 3 nitrogen and oxygen atoms in total. The van der Waals surface area contributed by atoms with E-state index in [1.165, 1.54) is 12.0 Å². The van der Waals surface area contributed by atoms with Gasteiger partial charge in [-0.3, -0.25) is 0 Å². The smallest absolute Gasteiger partial charge is 0.175 e. The summed E-state index contributed by atoms with van der Waals surface area (Å²) in [5.41, 5.74) is 1.22. The zero-order chi connectivity index (χ0) is 13.0. The molecule has 1 atom stereocenters. The van der Waals surface area contributed by atoms with E-state index in [1.54, 1.807) is 0 Å². The average molecular weight is 314 g/mol. The molecule has 0 saturated heterocycles. The molecule has 1 heterocycles. The van der Waals surface area contributed by atoms with Crippen LogP contribution >= 0.6 is 15.9 Å². The molecule has 0 bridgehead atoms. The minimum absolute atomic E-state index is 0.622. The van der Waals surface area contributed by atoms with Crippen molar-refractivity contribution >= 4 is 15.9 Å². The van der Waals surface area contributed by atoms with Crippen LogP contribution in [0, 0.1) is 5.92 Å². The number of halogens is 1. The molecule has 0 fully saturated rings. The molecular weight excluding hydrogens is 294 g/mol. The highest BCUT2D eigenvalue weighted by Crippen LogP contribution is 2.38. The maximum Gasteiger partial charge on any atom is 0.175 e. The van der Waals surface area contributed by atoms with E-state index in [2.05, 4.69) is 47.2 Å². The van der Waals surface area contributed by atoms with E-state index in [-0.39, 0.29) is 0 Å². The van der Waals surface area contributed by atoms with Crippen molar-refractivity contribution in [3.63, 3.8) is 0 Å². The summed E-state index contributed by atoms with van der Waals surface area (Å²) in [5.74, 6) is 2.38. The van der Waals surface area contributed by atoms with Gasteiger partial charge < -0.3 is 14.8 Å². The van der Waals surface area contributed by atoms with Crippen molar-refractivity contribution in [3.8, 4) is 11.5 Å². The fourth-order valence-corrected chi connectivity index (χ4v) is 2.48. The molecule has 0 spiro atoms. The van der Waals surface area contributed by atoms with Gasteiger partial charge in [0, 0.05) is 6.54 Å². The third kappa shape index (κ3) is 3.39. The lowest BCUT2D eigenvalue weighted by molar-refractivity contribution is 0.170. The lowest BCUT2D eigenvalue weighted by Crippen LogP contribution is -2.21. The van der Waals surface area contributed by atoms with E-state index in [0.29, 0.717) is 19.1 Å². The summed E-state index contributed by atoms with van der Waals surface area (Å²) < 4.78 is 12.2. The topological polar surface area (TPSA) is 30.5 Å². The van der Waals surface area contributed by atoms with Gasteiger partial charge in [0.05, 0.1) is 4.47 Å². The average Bonchev–Trinajstić information content (AvgIpc) is 2.38. The Bertz CT molecular complexity index is 409. The molecular formula is C14H20BrNO2. The van der Waals surface area contributed by atoms with Crippen LogP contribution in [0.1, 0.15) is 25.8 Å². The molecule has 1 aliphatic heterocycles. The molecule has 1 N–H and O–H groups in total. The number of rotatable bonds is 5. The largest absolute Gasteiger partial charge is 0.486 e. The van der Waals surface area contributed by atoms with Crippen molar-refractivity contribution in [1.82, 2.24) is 5.32 Å². The van der Waals surface area contributed by atoms with Gasteiger partial charge in [0.15, 0.2) is 11.5 Å². The van der Waals surface area contributed by atoms with Crippen molar-refractivity contribution in [3.05, 3.63) is 22.2 Å². The molecule has 100 valence electrons. The zero-order valence-electron chi connectivity index (χ0n) is 11.0. The first-order valence-electron chi connectivity index (χ1n) is 6.49. The van der Waals surface area contributed by atoms with Gasteiger partial charge in [-0.2, -0.15) is 0 Å². The van der Waals surface area contributed by atoms with Crippen molar-refractivity contribution in [1.29, 1.82) is 0 Å². The van der Waals surface area contributed by atoms with Crippen LogP contribution < -0.4 is 14.8 Å². The number of hydrogen-bond donors (Lipinski definition) is 1. The summed E-state index contributed by atoms with van der Waals surface area (Å²) in [5, 5.41) is 3.47. The number of hydrogen-bond acceptors (Lipinski definition) is 3. The van der Waals surface area contributed by atoms with Crippen LogP contribution in [0.3, 0.4) is 0 Å². The molecule has 1 aromatic carbocycles. The van der Waals surface area contributed by atoms with E-state index in [4.69, 9.17) is 9.47 Å². The van der Waals surface area contributed by atoms with Crippen LogP contribution in [0.15, 0.2) is 16.6 Å². The van der Waals surface area contributed by atoms with Crippen molar-refractivity contribution < 1.29 is 9.47 Å². The highest BCUT2D eigenvalue weighted by atomic mass is 79.9. The van der Waals surface area contributed by atoms with Crippen LogP contribution in [-0.2, 0) is 6.54 Å². The predicted octanol–water partition coefficient (Wildman–Crippen LogP) is 3.36. The first-order valence-corrected chi connectivity index (χ1v) is 7.28. The van der Waals surface area contributed by atoms with E-state index >= 15 is 0 Å². The Hall–Kier alpha value is -0.740. The minimum atomic E-state index is 0.622. The van der Waals surface area contributed by atoms with E-state index in [0.717, 1.165) is 29.1 Å². The van der Waals surface area contributed by atoms with Gasteiger partial charge in [0.2, 0.25) is 0 Å². The second kappa shape index (κ2) is 6.43. The summed E-state index contributed by atoms with van der Waals surface area (Å²) in [4.78, 5) is 0. The fraction of sp³-hybridized carbons (Fsp3) is 0.571. The molecule has 0 aliphatic carbocycles. The second-order valence-electron chi connectivity index (χ2n) is 4.75. The van der Waals surface area contributed by atoms with Crippen molar-refractivity contribution in [2.24, 2.45) is 5.92 Å². The summed E-state index contributed by atoms with van der Waals surface area (Å²) >= 11 is 3.53. The molecule has 4 heteroatoms. The van der Waals surface area contributed by atoms with Crippen LogP contribution in [-0.4, -0.2) is 19.8 Å². The minimum Gasteiger partial charge on any atom is -0.486 e. The van der Waals surface area contributed by atoms with E-state index in [1.807, 2.05) is 0 Å². The molecule has 0 amide bonds. The number of nitrogens with one attached hydrogen (secondary N) is 1. The lowest BCUT2D eigenvalue weighted by atomic mass is 10.1. The fourth-order valence-electron chi connectivity index (χ4n) is 1.87. The molecule has 1 unspecified atom stereocenters. The third-order valence-corrected chi connectivity index (χ3v) is 3.76. The van der Waals surface area contributed by atoms with Crippen molar-refractivity contribution in [2.45, 2.75) is 26.8 Å². The quantitative estimate of drug-likeness (QED) is 0.904. The molecule has 0 radical (unpaired) electrons. The SMILES string of the molecule is CCC(C)CNCc1cc(Br)c2c(c1)OCCO2. The molecule has 0 aromatic heterocycles. The Labute approximate surface area is 117 Å². The Morgan fingerprint density at radius 2 is 2.11 bits per heavy atom. The van der Waals surface area contributed by atoms with Crippen molar-refractivity contribution in [2.75, 3.05) is 19.8 Å². The van der Waals surface area contributed by atoms with Gasteiger partial charge in [0.25, 0.3) is 0 Å². The standard InChI is InChI=1S/C14H20BrNO2/c1-3-10(2)8-16-9-11-6-12(15)14-13(7-11)17-4-5-18-14/h6-7,10,16H,3-5,8-9H2,1-2H3. The third-order valence-electron chi connectivity index (χ3n) is 3.18. The molecule has 2 rings (SSSR count). The number of fused-ring (bicyclic) bond motifs is 1. The van der Waals surface area contributed by atoms with Gasteiger partial charge >= 0.3 is 0 Å². The Kier molecular flexibility index (Phi) is 4.89. The first kappa shape index (κ1) is 13.7. The summed E-state index contributed by atoms with van der Waals surface area (Å²) in [6.45, 7) is 7.63. The number of ether oxygens (including phenoxy) is 2. The Balaban J connectivity index is 1.99. The van der Waals surface area contributed by atoms with E-state index < -0.39 is 0 Å².